The molecule has 1 saturated heterocycles. The molecule has 2 aromatic carbocycles. The molecule has 2 aromatic rings. The number of rotatable bonds is 5. The summed E-state index contributed by atoms with van der Waals surface area (Å²) in [5.74, 6) is 0.959. The van der Waals surface area contributed by atoms with Crippen molar-refractivity contribution in [3.63, 3.8) is 0 Å². The fourth-order valence-corrected chi connectivity index (χ4v) is 4.05. The predicted octanol–water partition coefficient (Wildman–Crippen LogP) is 3.68. The second-order valence-electron chi connectivity index (χ2n) is 5.86. The fourth-order valence-electron chi connectivity index (χ4n) is 1.88. The number of aromatic hydroxyl groups is 1. The van der Waals surface area contributed by atoms with Gasteiger partial charge < -0.3 is 9.84 Å². The Morgan fingerprint density at radius 1 is 1.00 bits per heavy atom. The molecule has 8 nitrogen and oxygen atoms in total. The lowest BCUT2D eigenvalue weighted by atomic mass is 10.3. The summed E-state index contributed by atoms with van der Waals surface area (Å²) in [4.78, 5) is 0. The molecule has 30 heavy (non-hydrogen) atoms. The highest BCUT2D eigenvalue weighted by Gasteiger charge is 2.16. The van der Waals surface area contributed by atoms with E-state index < -0.39 is 20.2 Å². The summed E-state index contributed by atoms with van der Waals surface area (Å²) in [7, 11) is -6.91. The smallest absolute Gasteiger partial charge is 0.267 e. The van der Waals surface area contributed by atoms with Gasteiger partial charge in [-0.2, -0.15) is 16.8 Å². The standard InChI is InChI=1S/C9H11IO4S.C6H5IO.C3H6O3S/c10-8-2-4-9(5-3-8)14-6-1-7-15(11,12)13;7-5-1-3-6(8)4-2-5;4-7(5)3-1-2-6-7/h2-5H,1,6-7H2,(H,11,12,13);1-4,8H;1-3H2. The lowest BCUT2D eigenvalue weighted by molar-refractivity contribution is 0.316. The first-order chi connectivity index (χ1) is 14.0. The van der Waals surface area contributed by atoms with Gasteiger partial charge in [-0.1, -0.05) is 0 Å². The summed E-state index contributed by atoms with van der Waals surface area (Å²) in [5, 5.41) is 8.75. The number of benzene rings is 2. The minimum Gasteiger partial charge on any atom is -0.508 e. The molecule has 1 heterocycles. The Balaban J connectivity index is 0.000000250. The topological polar surface area (TPSA) is 127 Å². The summed E-state index contributed by atoms with van der Waals surface area (Å²) >= 11 is 4.37. The van der Waals surface area contributed by atoms with Crippen LogP contribution < -0.4 is 4.74 Å². The van der Waals surface area contributed by atoms with E-state index in [1.54, 1.807) is 12.1 Å². The molecule has 168 valence electrons. The van der Waals surface area contributed by atoms with Crippen LogP contribution in [-0.4, -0.2) is 51.2 Å². The van der Waals surface area contributed by atoms with Crippen molar-refractivity contribution >= 4 is 65.4 Å². The van der Waals surface area contributed by atoms with Crippen LogP contribution in [0.5, 0.6) is 11.5 Å². The number of ether oxygens (including phenoxy) is 1. The highest BCUT2D eigenvalue weighted by Crippen LogP contribution is 2.13. The summed E-state index contributed by atoms with van der Waals surface area (Å²) in [6.07, 6.45) is 0.938. The number of hydrogen-bond donors (Lipinski definition) is 2. The van der Waals surface area contributed by atoms with Crippen LogP contribution in [0.1, 0.15) is 12.8 Å². The van der Waals surface area contributed by atoms with Gasteiger partial charge >= 0.3 is 0 Å². The average molecular weight is 684 g/mol. The van der Waals surface area contributed by atoms with Crippen molar-refractivity contribution < 1.29 is 35.4 Å². The third-order valence-corrected chi connectivity index (χ3v) is 6.81. The average Bonchev–Trinajstić information content (AvgIpc) is 3.07. The molecule has 0 aromatic heterocycles. The SMILES string of the molecule is O=S(=O)(O)CCCOc1ccc(I)cc1.O=S1(=O)CCCO1.Oc1ccc(I)cc1. The normalized spacial score (nSPS) is 14.6. The second kappa shape index (κ2) is 13.7. The molecular formula is C18H22I2O8S2. The molecule has 3 rings (SSSR count). The maximum absolute atomic E-state index is 10.4. The Kier molecular flexibility index (Phi) is 12.5. The quantitative estimate of drug-likeness (QED) is 0.212. The van der Waals surface area contributed by atoms with Crippen molar-refractivity contribution in [2.75, 3.05) is 24.7 Å². The molecule has 0 spiro atoms. The number of phenols is 1. The maximum atomic E-state index is 10.4. The van der Waals surface area contributed by atoms with Crippen LogP contribution in [0.4, 0.5) is 0 Å². The molecule has 0 aliphatic carbocycles. The van der Waals surface area contributed by atoms with Crippen molar-refractivity contribution in [2.45, 2.75) is 12.8 Å². The van der Waals surface area contributed by atoms with Crippen LogP contribution in [0.15, 0.2) is 48.5 Å². The van der Waals surface area contributed by atoms with E-state index in [0.29, 0.717) is 24.5 Å². The van der Waals surface area contributed by atoms with Gasteiger partial charge in [-0.25, -0.2) is 0 Å². The van der Waals surface area contributed by atoms with Gasteiger partial charge in [0.1, 0.15) is 11.5 Å². The van der Waals surface area contributed by atoms with E-state index >= 15 is 0 Å². The highest BCUT2D eigenvalue weighted by molar-refractivity contribution is 14.1. The zero-order valence-electron chi connectivity index (χ0n) is 15.8. The lowest BCUT2D eigenvalue weighted by Crippen LogP contribution is -2.08. The van der Waals surface area contributed by atoms with E-state index in [0.717, 1.165) is 7.14 Å². The molecule has 0 bridgehead atoms. The minimum atomic E-state index is -3.87. The molecule has 0 saturated carbocycles. The van der Waals surface area contributed by atoms with Gasteiger partial charge in [0.2, 0.25) is 0 Å². The zero-order valence-corrected chi connectivity index (χ0v) is 21.7. The van der Waals surface area contributed by atoms with Crippen molar-refractivity contribution in [3.8, 4) is 11.5 Å². The van der Waals surface area contributed by atoms with Crippen molar-refractivity contribution in [2.24, 2.45) is 0 Å². The van der Waals surface area contributed by atoms with Gasteiger partial charge in [0.05, 0.1) is 24.7 Å². The third-order valence-electron chi connectivity index (χ3n) is 3.26. The molecule has 1 aliphatic heterocycles. The zero-order chi connectivity index (χ0) is 22.6. The van der Waals surface area contributed by atoms with E-state index in [9.17, 15) is 16.8 Å². The first-order valence-electron chi connectivity index (χ1n) is 8.62. The van der Waals surface area contributed by atoms with Crippen LogP contribution >= 0.6 is 45.2 Å². The van der Waals surface area contributed by atoms with Crippen LogP contribution in [0.3, 0.4) is 0 Å². The molecule has 0 atom stereocenters. The minimum absolute atomic E-state index is 0.201. The second-order valence-corrected chi connectivity index (χ2v) is 11.7. The first kappa shape index (κ1) is 27.4. The van der Waals surface area contributed by atoms with Gasteiger partial charge in [-0.15, -0.1) is 0 Å². The molecule has 0 radical (unpaired) electrons. The summed E-state index contributed by atoms with van der Waals surface area (Å²) in [6.45, 7) is 0.655. The Morgan fingerprint density at radius 2 is 1.53 bits per heavy atom. The van der Waals surface area contributed by atoms with Gasteiger partial charge in [-0.05, 0) is 107 Å². The van der Waals surface area contributed by atoms with Gasteiger partial charge in [-0.3, -0.25) is 8.74 Å². The largest absolute Gasteiger partial charge is 0.508 e. The van der Waals surface area contributed by atoms with Crippen molar-refractivity contribution in [1.29, 1.82) is 0 Å². The van der Waals surface area contributed by atoms with Crippen LogP contribution in [0.2, 0.25) is 0 Å². The molecule has 2 N–H and O–H groups in total. The van der Waals surface area contributed by atoms with E-state index in [-0.39, 0.29) is 24.5 Å². The van der Waals surface area contributed by atoms with Crippen molar-refractivity contribution in [3.05, 3.63) is 55.7 Å². The van der Waals surface area contributed by atoms with Crippen LogP contribution in [0.25, 0.3) is 0 Å². The number of phenolic OH excluding ortho intramolecular Hbond substituents is 1. The predicted molar refractivity (Wildman–Crippen MR) is 131 cm³/mol. The van der Waals surface area contributed by atoms with Gasteiger partial charge in [0, 0.05) is 7.14 Å². The molecule has 0 amide bonds. The molecular weight excluding hydrogens is 662 g/mol. The Morgan fingerprint density at radius 3 is 1.90 bits per heavy atom. The Labute approximate surface area is 204 Å². The maximum Gasteiger partial charge on any atom is 0.267 e. The Hall–Kier alpha value is -0.680. The monoisotopic (exact) mass is 684 g/mol. The Bertz CT molecular complexity index is 927. The van der Waals surface area contributed by atoms with E-state index in [1.807, 2.05) is 36.4 Å². The van der Waals surface area contributed by atoms with Gasteiger partial charge in [0.25, 0.3) is 20.2 Å². The summed E-state index contributed by atoms with van der Waals surface area (Å²) in [6, 6.07) is 14.5. The number of hydrogen-bond acceptors (Lipinski definition) is 7. The molecule has 0 unspecified atom stereocenters. The molecule has 1 fully saturated rings. The lowest BCUT2D eigenvalue weighted by Gasteiger charge is -2.04. The molecule has 1 aliphatic rings. The number of halogens is 2. The summed E-state index contributed by atoms with van der Waals surface area (Å²) < 4.78 is 61.5. The highest BCUT2D eigenvalue weighted by atomic mass is 127. The van der Waals surface area contributed by atoms with E-state index in [2.05, 4.69) is 49.4 Å². The first-order valence-corrected chi connectivity index (χ1v) is 14.0. The summed E-state index contributed by atoms with van der Waals surface area (Å²) in [5.41, 5.74) is 0. The fraction of sp³-hybridized carbons (Fsp3) is 0.333. The van der Waals surface area contributed by atoms with E-state index in [1.165, 1.54) is 0 Å². The van der Waals surface area contributed by atoms with Gasteiger partial charge in [0.15, 0.2) is 0 Å². The third kappa shape index (κ3) is 14.3. The van der Waals surface area contributed by atoms with Crippen LogP contribution in [-0.2, 0) is 24.4 Å². The molecule has 12 heteroatoms. The van der Waals surface area contributed by atoms with Crippen molar-refractivity contribution in [1.82, 2.24) is 0 Å². The van der Waals surface area contributed by atoms with Crippen LogP contribution in [0, 0.1) is 7.14 Å². The van der Waals surface area contributed by atoms with E-state index in [4.69, 9.17) is 14.4 Å².